The topological polar surface area (TPSA) is 43.4 Å². The molecule has 0 aromatic rings. The molecule has 2 bridgehead atoms. The smallest absolute Gasteiger partial charge is 0.309 e. The van der Waals surface area contributed by atoms with Crippen molar-refractivity contribution in [3.05, 3.63) is 0 Å². The van der Waals surface area contributed by atoms with Gasteiger partial charge < -0.3 is 4.74 Å². The summed E-state index contributed by atoms with van der Waals surface area (Å²) in [5.74, 6) is 0.490. The Labute approximate surface area is 94.1 Å². The predicted molar refractivity (Wildman–Crippen MR) is 55.3 cm³/mol. The first-order chi connectivity index (χ1) is 7.13. The van der Waals surface area contributed by atoms with Crippen LogP contribution in [0.15, 0.2) is 0 Å². The fourth-order valence-corrected chi connectivity index (χ4v) is 3.11. The highest BCUT2D eigenvalue weighted by Gasteiger charge is 2.50. The van der Waals surface area contributed by atoms with Crippen molar-refractivity contribution >= 4 is 22.8 Å². The summed E-state index contributed by atoms with van der Waals surface area (Å²) in [5, 5.41) is -0.285. The molecule has 3 rings (SSSR count). The predicted octanol–water partition coefficient (Wildman–Crippen LogP) is 1.98. The van der Waals surface area contributed by atoms with E-state index in [1.165, 1.54) is 0 Å². The number of carbonyl (C=O) groups is 2. The molecule has 4 heteroatoms. The van der Waals surface area contributed by atoms with Crippen molar-refractivity contribution in [3.8, 4) is 0 Å². The van der Waals surface area contributed by atoms with Gasteiger partial charge in [-0.3, -0.25) is 9.59 Å². The summed E-state index contributed by atoms with van der Waals surface area (Å²) in [4.78, 5) is 22.8. The molecule has 0 aromatic heterocycles. The third-order valence-electron chi connectivity index (χ3n) is 3.74. The van der Waals surface area contributed by atoms with Crippen LogP contribution in [0.25, 0.3) is 0 Å². The van der Waals surface area contributed by atoms with Gasteiger partial charge in [-0.05, 0) is 49.6 Å². The van der Waals surface area contributed by atoms with Crippen LogP contribution in [0.4, 0.5) is 0 Å². The maximum atomic E-state index is 11.6. The minimum Gasteiger partial charge on any atom is -0.466 e. The summed E-state index contributed by atoms with van der Waals surface area (Å²) in [6.07, 6.45) is 2.52. The molecule has 0 spiro atoms. The van der Waals surface area contributed by atoms with Crippen LogP contribution in [-0.2, 0) is 14.3 Å². The van der Waals surface area contributed by atoms with Gasteiger partial charge in [0.05, 0.1) is 12.5 Å². The lowest BCUT2D eigenvalue weighted by Gasteiger charge is -2.48. The Hall–Kier alpha value is -0.570. The summed E-state index contributed by atoms with van der Waals surface area (Å²) >= 11 is 5.53. The summed E-state index contributed by atoms with van der Waals surface area (Å²) in [6, 6.07) is 0. The van der Waals surface area contributed by atoms with Crippen LogP contribution >= 0.6 is 11.6 Å². The van der Waals surface area contributed by atoms with Crippen molar-refractivity contribution in [2.45, 2.75) is 26.2 Å². The van der Waals surface area contributed by atoms with E-state index < -0.39 is 0 Å². The fraction of sp³-hybridized carbons (Fsp3) is 0.818. The van der Waals surface area contributed by atoms with Crippen LogP contribution in [0.5, 0.6) is 0 Å². The van der Waals surface area contributed by atoms with Crippen LogP contribution in [0.1, 0.15) is 26.2 Å². The second-order valence-electron chi connectivity index (χ2n) is 4.50. The lowest BCUT2D eigenvalue weighted by Crippen LogP contribution is -2.47. The molecule has 3 fully saturated rings. The molecule has 3 nitrogen and oxygen atoms in total. The molecule has 0 radical (unpaired) electrons. The highest BCUT2D eigenvalue weighted by Crippen LogP contribution is 2.52. The number of rotatable bonds is 3. The lowest BCUT2D eigenvalue weighted by molar-refractivity contribution is -0.158. The molecule has 0 amide bonds. The average Bonchev–Trinajstić information content (AvgIpc) is 2.15. The first-order valence-corrected chi connectivity index (χ1v) is 5.87. The quantitative estimate of drug-likeness (QED) is 0.550. The van der Waals surface area contributed by atoms with E-state index in [-0.39, 0.29) is 23.0 Å². The van der Waals surface area contributed by atoms with E-state index in [0.717, 1.165) is 12.8 Å². The molecule has 3 saturated carbocycles. The normalized spacial score (nSPS) is 38.0. The second kappa shape index (κ2) is 4.12. The summed E-state index contributed by atoms with van der Waals surface area (Å²) in [7, 11) is 0. The van der Waals surface area contributed by atoms with Crippen molar-refractivity contribution in [2.75, 3.05) is 6.61 Å². The molecule has 0 aromatic carbocycles. The molecular weight excluding hydrogens is 216 g/mol. The van der Waals surface area contributed by atoms with Crippen LogP contribution in [0.2, 0.25) is 0 Å². The van der Waals surface area contributed by atoms with Crippen molar-refractivity contribution in [1.82, 2.24) is 0 Å². The van der Waals surface area contributed by atoms with Crippen LogP contribution in [0.3, 0.4) is 0 Å². The molecule has 84 valence electrons. The summed E-state index contributed by atoms with van der Waals surface area (Å²) in [6.45, 7) is 2.21. The van der Waals surface area contributed by atoms with Crippen molar-refractivity contribution in [3.63, 3.8) is 0 Å². The van der Waals surface area contributed by atoms with Gasteiger partial charge in [0.1, 0.15) is 0 Å². The molecule has 0 heterocycles. The number of carbonyl (C=O) groups excluding carboxylic acids is 2. The Balaban J connectivity index is 2.01. The Bertz CT molecular complexity index is 284. The van der Waals surface area contributed by atoms with Gasteiger partial charge in [-0.25, -0.2) is 0 Å². The Kier molecular flexibility index (Phi) is 3.01. The van der Waals surface area contributed by atoms with Gasteiger partial charge in [0.25, 0.3) is 0 Å². The number of ether oxygens (including phenoxy) is 1. The largest absolute Gasteiger partial charge is 0.466 e. The highest BCUT2D eigenvalue weighted by molar-refractivity contribution is 6.64. The molecule has 15 heavy (non-hydrogen) atoms. The molecule has 3 aliphatic rings. The summed E-state index contributed by atoms with van der Waals surface area (Å²) in [5.41, 5.74) is 0. The first kappa shape index (κ1) is 10.9. The Morgan fingerprint density at radius 3 is 2.33 bits per heavy atom. The van der Waals surface area contributed by atoms with Gasteiger partial charge in [0, 0.05) is 5.92 Å². The lowest BCUT2D eigenvalue weighted by atomic mass is 9.55. The summed E-state index contributed by atoms with van der Waals surface area (Å²) < 4.78 is 5.01. The Morgan fingerprint density at radius 2 is 1.80 bits per heavy atom. The molecule has 2 atom stereocenters. The first-order valence-electron chi connectivity index (χ1n) is 5.49. The van der Waals surface area contributed by atoms with E-state index in [1.54, 1.807) is 6.92 Å². The van der Waals surface area contributed by atoms with E-state index in [4.69, 9.17) is 16.3 Å². The van der Waals surface area contributed by atoms with Crippen molar-refractivity contribution in [2.24, 2.45) is 23.7 Å². The zero-order valence-corrected chi connectivity index (χ0v) is 9.50. The van der Waals surface area contributed by atoms with E-state index in [2.05, 4.69) is 0 Å². The minimum absolute atomic E-state index is 0.0948. The monoisotopic (exact) mass is 230 g/mol. The number of hydrogen-bond acceptors (Lipinski definition) is 3. The van der Waals surface area contributed by atoms with Crippen LogP contribution in [0, 0.1) is 23.7 Å². The molecule has 1 unspecified atom stereocenters. The third kappa shape index (κ3) is 1.89. The van der Waals surface area contributed by atoms with E-state index in [1.807, 2.05) is 0 Å². The van der Waals surface area contributed by atoms with E-state index in [9.17, 15) is 9.59 Å². The standard InChI is InChI=1S/C11H15ClO3/c1-2-15-11(14)9-5-8(10(12)13)6-3-7(9)4-6/h6-9H,2-5H2,1H3/t6?,7?,8?,9-/m0/s1. The molecular formula is C11H15ClO3. The maximum Gasteiger partial charge on any atom is 0.309 e. The van der Waals surface area contributed by atoms with Crippen molar-refractivity contribution < 1.29 is 14.3 Å². The molecule has 3 aliphatic carbocycles. The zero-order valence-electron chi connectivity index (χ0n) is 8.74. The number of hydrogen-bond donors (Lipinski definition) is 0. The number of halogens is 1. The van der Waals surface area contributed by atoms with Gasteiger partial charge >= 0.3 is 5.97 Å². The van der Waals surface area contributed by atoms with Gasteiger partial charge in [-0.15, -0.1) is 0 Å². The van der Waals surface area contributed by atoms with Gasteiger partial charge in [0.15, 0.2) is 0 Å². The average molecular weight is 231 g/mol. The zero-order chi connectivity index (χ0) is 11.0. The van der Waals surface area contributed by atoms with Crippen molar-refractivity contribution in [1.29, 1.82) is 0 Å². The van der Waals surface area contributed by atoms with E-state index in [0.29, 0.717) is 24.9 Å². The van der Waals surface area contributed by atoms with Gasteiger partial charge in [-0.2, -0.15) is 0 Å². The fourth-order valence-electron chi connectivity index (χ4n) is 2.84. The van der Waals surface area contributed by atoms with E-state index >= 15 is 0 Å². The van der Waals surface area contributed by atoms with Crippen LogP contribution in [-0.4, -0.2) is 17.8 Å². The molecule has 0 N–H and O–H groups in total. The molecule has 0 saturated heterocycles. The second-order valence-corrected chi connectivity index (χ2v) is 4.87. The van der Waals surface area contributed by atoms with Gasteiger partial charge in [0.2, 0.25) is 5.24 Å². The van der Waals surface area contributed by atoms with Gasteiger partial charge in [-0.1, -0.05) is 0 Å². The number of fused-ring (bicyclic) bond motifs is 2. The maximum absolute atomic E-state index is 11.6. The SMILES string of the molecule is CCOC(=O)[C@H]1CC(C(=O)Cl)C2CC1C2. The Morgan fingerprint density at radius 1 is 1.20 bits per heavy atom. The van der Waals surface area contributed by atoms with Crippen LogP contribution < -0.4 is 0 Å². The highest BCUT2D eigenvalue weighted by atomic mass is 35.5. The minimum atomic E-state index is -0.285. The molecule has 0 aliphatic heterocycles. The third-order valence-corrected chi connectivity index (χ3v) is 4.02. The number of esters is 1.